The van der Waals surface area contributed by atoms with Crippen molar-refractivity contribution in [1.29, 1.82) is 0 Å². The van der Waals surface area contributed by atoms with E-state index in [-0.39, 0.29) is 6.54 Å². The van der Waals surface area contributed by atoms with Crippen molar-refractivity contribution in [3.8, 4) is 11.5 Å². The molecule has 0 saturated carbocycles. The summed E-state index contributed by atoms with van der Waals surface area (Å²) in [4.78, 5) is 1.57. The summed E-state index contributed by atoms with van der Waals surface area (Å²) >= 11 is 0. The van der Waals surface area contributed by atoms with Gasteiger partial charge in [0.25, 0.3) is 0 Å². The normalized spacial score (nSPS) is 19.4. The van der Waals surface area contributed by atoms with Gasteiger partial charge < -0.3 is 19.5 Å². The van der Waals surface area contributed by atoms with Gasteiger partial charge in [0.15, 0.2) is 6.10 Å². The van der Waals surface area contributed by atoms with Gasteiger partial charge in [-0.1, -0.05) is 49.4 Å². The van der Waals surface area contributed by atoms with Gasteiger partial charge in [0.05, 0.1) is 13.2 Å². The Hall–Kier alpha value is -2.77. The summed E-state index contributed by atoms with van der Waals surface area (Å²) in [7, 11) is 1.61. The van der Waals surface area contributed by atoms with Crippen LogP contribution in [-0.2, 0) is 4.74 Å². The average Bonchev–Trinajstić information content (AvgIpc) is 2.74. The van der Waals surface area contributed by atoms with Crippen LogP contribution in [0.2, 0.25) is 0 Å². The number of aliphatic hydroxyl groups is 1. The Bertz CT molecular complexity index is 943. The van der Waals surface area contributed by atoms with Gasteiger partial charge >= 0.3 is 6.18 Å². The Morgan fingerprint density at radius 3 is 2.50 bits per heavy atom. The molecule has 2 unspecified atom stereocenters. The average molecular weight is 447 g/mol. The second-order valence-corrected chi connectivity index (χ2v) is 8.30. The predicted octanol–water partition coefficient (Wildman–Crippen LogP) is 5.75. The number of aliphatic hydroxyl groups excluding tert-OH is 1. The van der Waals surface area contributed by atoms with Crippen LogP contribution in [0.25, 0.3) is 0 Å². The van der Waals surface area contributed by atoms with Crippen LogP contribution in [0.3, 0.4) is 0 Å². The van der Waals surface area contributed by atoms with Gasteiger partial charge in [-0.2, -0.15) is 13.2 Å². The monoisotopic (exact) mass is 447 g/mol. The number of benzene rings is 2. The zero-order valence-electron chi connectivity index (χ0n) is 18.2. The zero-order chi connectivity index (χ0) is 23.2. The van der Waals surface area contributed by atoms with E-state index in [1.54, 1.807) is 48.4 Å². The lowest BCUT2D eigenvalue weighted by atomic mass is 9.79. The molecule has 1 aliphatic rings. The van der Waals surface area contributed by atoms with Crippen LogP contribution in [0.1, 0.15) is 13.3 Å². The fraction of sp³-hybridized carbons (Fsp3) is 0.360. The lowest BCUT2D eigenvalue weighted by molar-refractivity contribution is -0.200. The lowest BCUT2D eigenvalue weighted by Crippen LogP contribution is -2.45. The first-order valence-electron chi connectivity index (χ1n) is 10.4. The zero-order valence-corrected chi connectivity index (χ0v) is 18.2. The number of rotatable bonds is 9. The second-order valence-electron chi connectivity index (χ2n) is 8.30. The van der Waals surface area contributed by atoms with Crippen LogP contribution in [0, 0.1) is 5.41 Å². The lowest BCUT2D eigenvalue weighted by Gasteiger charge is -2.38. The first kappa shape index (κ1) is 23.9. The number of para-hydroxylation sites is 1. The van der Waals surface area contributed by atoms with Crippen molar-refractivity contribution in [1.82, 2.24) is 0 Å². The number of halogens is 3. The van der Waals surface area contributed by atoms with Crippen LogP contribution in [0.5, 0.6) is 11.5 Å². The van der Waals surface area contributed by atoms with Crippen molar-refractivity contribution in [2.45, 2.75) is 25.6 Å². The number of hydrogen-bond acceptors (Lipinski definition) is 4. The van der Waals surface area contributed by atoms with E-state index in [9.17, 15) is 18.3 Å². The van der Waals surface area contributed by atoms with Crippen molar-refractivity contribution in [3.05, 3.63) is 78.4 Å². The highest BCUT2D eigenvalue weighted by Gasteiger charge is 2.40. The van der Waals surface area contributed by atoms with Crippen molar-refractivity contribution in [2.24, 2.45) is 5.41 Å². The number of nitrogens with zero attached hydrogens (tertiary/aromatic N) is 1. The molecule has 2 aromatic carbocycles. The number of anilines is 1. The van der Waals surface area contributed by atoms with E-state index in [1.807, 2.05) is 43.4 Å². The minimum atomic E-state index is -4.71. The van der Waals surface area contributed by atoms with Gasteiger partial charge in [-0.15, -0.1) is 0 Å². The molecule has 0 amide bonds. The molecule has 3 rings (SSSR count). The molecule has 32 heavy (non-hydrogen) atoms. The van der Waals surface area contributed by atoms with Crippen LogP contribution in [0.15, 0.2) is 78.4 Å². The third-order valence-corrected chi connectivity index (χ3v) is 5.28. The molecule has 1 N–H and O–H groups in total. The van der Waals surface area contributed by atoms with Gasteiger partial charge in [-0.05, 0) is 36.3 Å². The van der Waals surface area contributed by atoms with Crippen LogP contribution in [-0.4, -0.2) is 44.2 Å². The molecule has 7 heteroatoms. The molecule has 1 aliphatic carbocycles. The number of allylic oxidation sites excluding steroid dienone is 2. The van der Waals surface area contributed by atoms with E-state index < -0.39 is 24.2 Å². The summed E-state index contributed by atoms with van der Waals surface area (Å²) in [6.45, 7) is 2.16. The van der Waals surface area contributed by atoms with Crippen molar-refractivity contribution in [3.63, 3.8) is 0 Å². The van der Waals surface area contributed by atoms with Crippen molar-refractivity contribution in [2.75, 3.05) is 31.7 Å². The number of methoxy groups -OCH3 is 1. The SMILES string of the molecule is COCC1=CC=CC(C)(CN(CC(O)C(F)(F)F)c2cccc(Oc3ccccc3)c2)C1. The molecular formula is C25H28F3NO3. The molecule has 0 saturated heterocycles. The van der Waals surface area contributed by atoms with E-state index in [1.165, 1.54) is 0 Å². The largest absolute Gasteiger partial charge is 0.457 e. The van der Waals surface area contributed by atoms with E-state index in [2.05, 4.69) is 0 Å². The number of alkyl halides is 3. The van der Waals surface area contributed by atoms with E-state index in [0.717, 1.165) is 5.57 Å². The Labute approximate surface area is 186 Å². The molecule has 4 nitrogen and oxygen atoms in total. The Morgan fingerprint density at radius 2 is 1.81 bits per heavy atom. The number of ether oxygens (including phenoxy) is 2. The molecule has 0 bridgehead atoms. The maximum atomic E-state index is 13.2. The fourth-order valence-corrected chi connectivity index (χ4v) is 3.82. The van der Waals surface area contributed by atoms with Crippen molar-refractivity contribution >= 4 is 5.69 Å². The minimum absolute atomic E-state index is 0.284. The van der Waals surface area contributed by atoms with Gasteiger partial charge in [-0.25, -0.2) is 0 Å². The standard InChI is InChI=1S/C25H28F3NO3/c1-24(13-7-8-19(15-24)17-31-2)18-29(16-23(30)25(26,27)28)20-9-6-12-22(14-20)32-21-10-4-3-5-11-21/h3-14,23,30H,15-18H2,1-2H3. The molecule has 0 spiro atoms. The summed E-state index contributed by atoms with van der Waals surface area (Å²) in [5.41, 5.74) is 1.18. The molecule has 0 heterocycles. The molecule has 2 atom stereocenters. The van der Waals surface area contributed by atoms with Gasteiger partial charge in [-0.3, -0.25) is 0 Å². The molecule has 0 fully saturated rings. The summed E-state index contributed by atoms with van der Waals surface area (Å²) < 4.78 is 50.6. The molecular weight excluding hydrogens is 419 g/mol. The molecule has 0 aromatic heterocycles. The van der Waals surface area contributed by atoms with E-state index >= 15 is 0 Å². The third-order valence-electron chi connectivity index (χ3n) is 5.28. The van der Waals surface area contributed by atoms with Gasteiger partial charge in [0, 0.05) is 30.8 Å². The highest BCUT2D eigenvalue weighted by Crippen LogP contribution is 2.35. The maximum absolute atomic E-state index is 13.2. The fourth-order valence-electron chi connectivity index (χ4n) is 3.82. The Morgan fingerprint density at radius 1 is 1.09 bits per heavy atom. The first-order chi connectivity index (χ1) is 15.2. The van der Waals surface area contributed by atoms with Crippen LogP contribution < -0.4 is 9.64 Å². The van der Waals surface area contributed by atoms with E-state index in [4.69, 9.17) is 9.47 Å². The summed E-state index contributed by atoms with van der Waals surface area (Å²) in [5.74, 6) is 1.13. The van der Waals surface area contributed by atoms with Crippen molar-refractivity contribution < 1.29 is 27.8 Å². The third kappa shape index (κ3) is 6.61. The maximum Gasteiger partial charge on any atom is 0.416 e. The highest BCUT2D eigenvalue weighted by atomic mass is 19.4. The van der Waals surface area contributed by atoms with Crippen LogP contribution in [0.4, 0.5) is 18.9 Å². The van der Waals surface area contributed by atoms with Gasteiger partial charge in [0.2, 0.25) is 0 Å². The molecule has 2 aromatic rings. The second kappa shape index (κ2) is 10.2. The minimum Gasteiger partial charge on any atom is -0.457 e. The summed E-state index contributed by atoms with van der Waals surface area (Å²) in [6.07, 6.45) is -0.661. The molecule has 0 aliphatic heterocycles. The molecule has 172 valence electrons. The van der Waals surface area contributed by atoms with Gasteiger partial charge in [0.1, 0.15) is 11.5 Å². The quantitative estimate of drug-likeness (QED) is 0.532. The Balaban J connectivity index is 1.85. The topological polar surface area (TPSA) is 41.9 Å². The van der Waals surface area contributed by atoms with Crippen LogP contribution >= 0.6 is 0 Å². The smallest absolute Gasteiger partial charge is 0.416 e. The number of hydrogen-bond donors (Lipinski definition) is 1. The van der Waals surface area contributed by atoms with E-state index in [0.29, 0.717) is 30.2 Å². The Kier molecular flexibility index (Phi) is 7.64. The summed E-state index contributed by atoms with van der Waals surface area (Å²) in [5, 5.41) is 9.82. The summed E-state index contributed by atoms with van der Waals surface area (Å²) in [6, 6.07) is 16.0. The predicted molar refractivity (Wildman–Crippen MR) is 119 cm³/mol. The first-order valence-corrected chi connectivity index (χ1v) is 10.4. The molecule has 0 radical (unpaired) electrons. The highest BCUT2D eigenvalue weighted by molar-refractivity contribution is 5.52.